The Balaban J connectivity index is 0.000000810. The van der Waals surface area contributed by atoms with Crippen molar-refractivity contribution < 1.29 is 21.7 Å². The predicted octanol–water partition coefficient (Wildman–Crippen LogP) is 2.44. The van der Waals surface area contributed by atoms with Crippen LogP contribution in [0.4, 0.5) is 0 Å². The Morgan fingerprint density at radius 1 is 1.00 bits per heavy atom. The molecule has 0 aliphatic rings. The number of benzene rings is 1. The van der Waals surface area contributed by atoms with E-state index in [1.165, 1.54) is 5.56 Å². The summed E-state index contributed by atoms with van der Waals surface area (Å²) in [5.41, 5.74) is 1.19. The zero-order valence-corrected chi connectivity index (χ0v) is 7.44. The molecule has 0 bridgehead atoms. The van der Waals surface area contributed by atoms with Crippen LogP contribution in [0, 0.1) is 13.8 Å². The van der Waals surface area contributed by atoms with Crippen molar-refractivity contribution in [3.05, 3.63) is 49.7 Å². The van der Waals surface area contributed by atoms with Crippen molar-refractivity contribution in [2.45, 2.75) is 5.92 Å². The molecule has 0 unspecified atom stereocenters. The maximum absolute atomic E-state index is 3.80. The van der Waals surface area contributed by atoms with Gasteiger partial charge in [-0.1, -0.05) is 30.3 Å². The molecule has 0 saturated heterocycles. The fourth-order valence-electron chi connectivity index (χ4n) is 0.725. The van der Waals surface area contributed by atoms with Crippen LogP contribution in [0.5, 0.6) is 0 Å². The second kappa shape index (κ2) is 4.70. The number of rotatable bonds is 1. The Morgan fingerprint density at radius 2 is 1.50 bits per heavy atom. The molecule has 0 fully saturated rings. The van der Waals surface area contributed by atoms with Crippen LogP contribution < -0.4 is 0 Å². The third-order valence-electron chi connectivity index (χ3n) is 1.27. The Hall–Kier alpha value is -0.0657. The van der Waals surface area contributed by atoms with Crippen LogP contribution in [0.25, 0.3) is 0 Å². The van der Waals surface area contributed by atoms with E-state index >= 15 is 0 Å². The van der Waals surface area contributed by atoms with Gasteiger partial charge < -0.3 is 13.8 Å². The second-order valence-corrected chi connectivity index (χ2v) is 2.11. The Kier molecular flexibility index (Phi) is 4.67. The van der Waals surface area contributed by atoms with Crippen LogP contribution in [0.2, 0.25) is 0 Å². The monoisotopic (exact) mass is 166 g/mol. The molecular weight excluding hydrogens is 156 g/mol. The smallest absolute Gasteiger partial charge is 0.365 e. The first-order valence-corrected chi connectivity index (χ1v) is 3.02. The minimum Gasteiger partial charge on any atom is -0.365 e. The van der Waals surface area contributed by atoms with Crippen molar-refractivity contribution in [3.63, 3.8) is 0 Å². The van der Waals surface area contributed by atoms with E-state index in [1.807, 2.05) is 30.3 Å². The van der Waals surface area contributed by atoms with Crippen LogP contribution in [-0.2, 0) is 21.7 Å². The normalized spacial score (nSPS) is 9.10. The van der Waals surface area contributed by atoms with Gasteiger partial charge in [0.1, 0.15) is 0 Å². The first-order valence-electron chi connectivity index (χ1n) is 3.02. The average Bonchev–Trinajstić information content (AvgIpc) is 1.90. The fraction of sp³-hybridized carbons (Fsp3) is 0.111. The summed E-state index contributed by atoms with van der Waals surface area (Å²) in [6.07, 6.45) is 0. The van der Waals surface area contributed by atoms with E-state index < -0.39 is 0 Å². The molecule has 0 spiro atoms. The molecule has 0 nitrogen and oxygen atoms in total. The summed E-state index contributed by atoms with van der Waals surface area (Å²) in [4.78, 5) is 0. The zero-order valence-electron chi connectivity index (χ0n) is 5.88. The molecule has 1 aromatic carbocycles. The van der Waals surface area contributed by atoms with E-state index in [2.05, 4.69) is 13.8 Å². The van der Waals surface area contributed by atoms with Crippen LogP contribution in [0.15, 0.2) is 30.3 Å². The Bertz CT molecular complexity index is 167. The standard InChI is InChI=1S/C9H10.Ti/c1-8(2)9-6-4-3-5-7-9;/h3-8H,1-2H2;/q-2;+2. The first kappa shape index (κ1) is 9.93. The van der Waals surface area contributed by atoms with Crippen LogP contribution in [0.1, 0.15) is 11.5 Å². The topological polar surface area (TPSA) is 0 Å². The quantitative estimate of drug-likeness (QED) is 0.444. The molecule has 1 aromatic rings. The molecule has 0 saturated carbocycles. The summed E-state index contributed by atoms with van der Waals surface area (Å²) in [6, 6.07) is 10.1. The maximum atomic E-state index is 3.80. The SMILES string of the molecule is [CH2-]C([CH2-])c1ccccc1.[Ti+2]. The van der Waals surface area contributed by atoms with Crippen LogP contribution in [-0.4, -0.2) is 0 Å². The van der Waals surface area contributed by atoms with Crippen LogP contribution >= 0.6 is 0 Å². The van der Waals surface area contributed by atoms with E-state index in [9.17, 15) is 0 Å². The van der Waals surface area contributed by atoms with E-state index in [1.54, 1.807) is 0 Å². The number of hydrogen-bond acceptors (Lipinski definition) is 0. The van der Waals surface area contributed by atoms with E-state index in [4.69, 9.17) is 0 Å². The van der Waals surface area contributed by atoms with Gasteiger partial charge in [-0.25, -0.2) is 0 Å². The van der Waals surface area contributed by atoms with Gasteiger partial charge >= 0.3 is 21.7 Å². The molecule has 1 heteroatoms. The average molecular weight is 166 g/mol. The minimum absolute atomic E-state index is 0. The van der Waals surface area contributed by atoms with Gasteiger partial charge in [0.05, 0.1) is 0 Å². The molecule has 0 N–H and O–H groups in total. The predicted molar refractivity (Wildman–Crippen MR) is 39.9 cm³/mol. The van der Waals surface area contributed by atoms with Gasteiger partial charge in [-0.15, -0.1) is 5.56 Å². The third kappa shape index (κ3) is 2.68. The molecule has 0 radical (unpaired) electrons. The molecule has 10 heavy (non-hydrogen) atoms. The van der Waals surface area contributed by atoms with Gasteiger partial charge in [0.25, 0.3) is 0 Å². The maximum Gasteiger partial charge on any atom is 2.00 e. The molecular formula is C9H10Ti. The van der Waals surface area contributed by atoms with Gasteiger partial charge in [0.2, 0.25) is 0 Å². The minimum atomic E-state index is 0. The summed E-state index contributed by atoms with van der Waals surface area (Å²) in [5.74, 6) is 0.159. The third-order valence-corrected chi connectivity index (χ3v) is 1.27. The zero-order chi connectivity index (χ0) is 6.69. The van der Waals surface area contributed by atoms with Crippen molar-refractivity contribution >= 4 is 0 Å². The van der Waals surface area contributed by atoms with E-state index in [0.29, 0.717) is 0 Å². The number of hydrogen-bond donors (Lipinski definition) is 0. The molecule has 0 amide bonds. The molecule has 0 atom stereocenters. The van der Waals surface area contributed by atoms with Crippen molar-refractivity contribution in [2.75, 3.05) is 0 Å². The van der Waals surface area contributed by atoms with Crippen molar-refractivity contribution in [1.82, 2.24) is 0 Å². The van der Waals surface area contributed by atoms with Crippen LogP contribution in [0.3, 0.4) is 0 Å². The van der Waals surface area contributed by atoms with Gasteiger partial charge in [0, 0.05) is 0 Å². The molecule has 50 valence electrons. The van der Waals surface area contributed by atoms with Gasteiger partial charge in [-0.2, -0.15) is 0 Å². The van der Waals surface area contributed by atoms with Crippen molar-refractivity contribution in [1.29, 1.82) is 0 Å². The van der Waals surface area contributed by atoms with E-state index in [0.717, 1.165) is 0 Å². The van der Waals surface area contributed by atoms with Gasteiger partial charge in [-0.3, -0.25) is 5.92 Å². The summed E-state index contributed by atoms with van der Waals surface area (Å²) in [6.45, 7) is 7.60. The Morgan fingerprint density at radius 3 is 1.80 bits per heavy atom. The largest absolute Gasteiger partial charge is 2.00 e. The second-order valence-electron chi connectivity index (χ2n) is 2.11. The fourth-order valence-corrected chi connectivity index (χ4v) is 0.725. The summed E-state index contributed by atoms with van der Waals surface area (Å²) < 4.78 is 0. The first-order chi connectivity index (χ1) is 4.30. The van der Waals surface area contributed by atoms with Crippen molar-refractivity contribution in [2.24, 2.45) is 0 Å². The molecule has 1 rings (SSSR count). The molecule has 0 aliphatic carbocycles. The Labute approximate surface area is 77.5 Å². The van der Waals surface area contributed by atoms with Gasteiger partial charge in [0.15, 0.2) is 0 Å². The molecule has 0 aromatic heterocycles. The van der Waals surface area contributed by atoms with E-state index in [-0.39, 0.29) is 27.6 Å². The summed E-state index contributed by atoms with van der Waals surface area (Å²) >= 11 is 0. The van der Waals surface area contributed by atoms with Gasteiger partial charge in [-0.05, 0) is 0 Å². The van der Waals surface area contributed by atoms with Crippen molar-refractivity contribution in [3.8, 4) is 0 Å². The summed E-state index contributed by atoms with van der Waals surface area (Å²) in [7, 11) is 0. The molecule has 0 aliphatic heterocycles. The molecule has 0 heterocycles. The summed E-state index contributed by atoms with van der Waals surface area (Å²) in [5, 5.41) is 0.